The summed E-state index contributed by atoms with van der Waals surface area (Å²) in [4.78, 5) is 34.1. The van der Waals surface area contributed by atoms with E-state index >= 15 is 0 Å². The molecule has 0 spiro atoms. The molecule has 46 heavy (non-hydrogen) atoms. The molecule has 3 rings (SSSR count). The Morgan fingerprint density at radius 2 is 1.43 bits per heavy atom. The molecule has 8 nitrogen and oxygen atoms in total. The van der Waals surface area contributed by atoms with Crippen LogP contribution in [0.2, 0.25) is 0 Å². The van der Waals surface area contributed by atoms with E-state index in [0.717, 1.165) is 97.9 Å². The van der Waals surface area contributed by atoms with Crippen LogP contribution in [0.3, 0.4) is 0 Å². The van der Waals surface area contributed by atoms with Crippen molar-refractivity contribution in [3.63, 3.8) is 0 Å². The van der Waals surface area contributed by atoms with E-state index < -0.39 is 17.9 Å². The van der Waals surface area contributed by atoms with Crippen LogP contribution in [0.15, 0.2) is 48.5 Å². The molecule has 0 radical (unpaired) electrons. The summed E-state index contributed by atoms with van der Waals surface area (Å²) in [6.07, 6.45) is 10.1. The quantitative estimate of drug-likeness (QED) is 0.280. The molecule has 1 heterocycles. The van der Waals surface area contributed by atoms with Gasteiger partial charge in [0.05, 0.1) is 12.3 Å². The second-order valence-electron chi connectivity index (χ2n) is 11.8. The van der Waals surface area contributed by atoms with Gasteiger partial charge in [0.2, 0.25) is 0 Å². The zero-order valence-electron chi connectivity index (χ0n) is 29.1. The number of fused-ring (bicyclic) bond motifs is 2. The maximum Gasteiger partial charge on any atom is 1.00 e. The number of carbonyl (C=O) groups is 3. The van der Waals surface area contributed by atoms with Gasteiger partial charge in [-0.3, -0.25) is 9.59 Å². The molecule has 0 bridgehead atoms. The fourth-order valence-electron chi connectivity index (χ4n) is 5.26. The number of hydrogen-bond donors (Lipinski definition) is 2. The first kappa shape index (κ1) is 43.4. The third-order valence-corrected chi connectivity index (χ3v) is 7.54. The summed E-state index contributed by atoms with van der Waals surface area (Å²) in [5, 5.41) is 28.1. The molecule has 0 amide bonds. The topological polar surface area (TPSA) is 127 Å². The molecule has 9 heteroatoms. The average molecular weight is 648 g/mol. The zero-order valence-corrected chi connectivity index (χ0v) is 31.1. The number of hydrogen-bond acceptors (Lipinski definition) is 6. The van der Waals surface area contributed by atoms with Gasteiger partial charge in [-0.15, -0.1) is 0 Å². The Labute approximate surface area is 298 Å². The normalized spacial score (nSPS) is 12.4. The van der Waals surface area contributed by atoms with Crippen molar-refractivity contribution in [1.82, 2.24) is 4.90 Å². The molecule has 2 aromatic rings. The maximum atomic E-state index is 11.1. The first-order valence-corrected chi connectivity index (χ1v) is 16.3. The fraction of sp³-hybridized carbons (Fsp3) is 0.541. The van der Waals surface area contributed by atoms with E-state index in [1.165, 1.54) is 0 Å². The molecular formula is C37H54NNaO7. The van der Waals surface area contributed by atoms with Crippen LogP contribution < -0.4 is 39.4 Å². The van der Waals surface area contributed by atoms with E-state index in [4.69, 9.17) is 14.9 Å². The van der Waals surface area contributed by atoms with Crippen LogP contribution in [0.1, 0.15) is 108 Å². The van der Waals surface area contributed by atoms with Crippen LogP contribution in [0, 0.1) is 11.8 Å². The van der Waals surface area contributed by atoms with Gasteiger partial charge >= 0.3 is 41.5 Å². The summed E-state index contributed by atoms with van der Waals surface area (Å²) in [6.45, 7) is 9.50. The summed E-state index contributed by atoms with van der Waals surface area (Å²) in [5.74, 6) is -1.85. The minimum atomic E-state index is -0.885. The van der Waals surface area contributed by atoms with Crippen LogP contribution in [-0.4, -0.2) is 53.7 Å². The van der Waals surface area contributed by atoms with E-state index in [1.807, 2.05) is 58.0 Å². The van der Waals surface area contributed by atoms with Crippen LogP contribution >= 0.6 is 0 Å². The average Bonchev–Trinajstić information content (AvgIpc) is 3.14. The van der Waals surface area contributed by atoms with Crippen LogP contribution in [0.4, 0.5) is 0 Å². The summed E-state index contributed by atoms with van der Waals surface area (Å²) in [7, 11) is 4.11. The third-order valence-electron chi connectivity index (χ3n) is 7.54. The fourth-order valence-corrected chi connectivity index (χ4v) is 5.26. The maximum absolute atomic E-state index is 11.1. The monoisotopic (exact) mass is 647 g/mol. The van der Waals surface area contributed by atoms with Crippen LogP contribution in [0.5, 0.6) is 5.75 Å². The molecule has 1 aliphatic rings. The standard InChI is InChI=1S/C21H23NO3.2C8H16O2.Na/c1-22(2)11-5-8-18-17-7-4-3-6-16(17)14-25-20-10-9-15(12-19(18)20)13-21(23)24;2*1-3-5-7(6-4-2)8(9)10;/h3-4,6-10,12H,5,11,13-14H2,1-2H3,(H,23,24);2*7H,3-6H2,1-2H3,(H,9,10);/q;;;+1/p-1/b18-8-;;;. The van der Waals surface area contributed by atoms with Gasteiger partial charge in [0.15, 0.2) is 0 Å². The molecular weight excluding hydrogens is 593 g/mol. The SMILES string of the molecule is CCCC(CCC)C(=O)O.CCCC(CCC)C(=O)[O-].CN(C)CC/C=C1/c2ccccc2COc2ccc(CC(=O)O)cc21.[Na+]. The molecule has 1 aliphatic heterocycles. The molecule has 0 atom stereocenters. The number of aliphatic carboxylic acids is 3. The molecule has 250 valence electrons. The molecule has 0 unspecified atom stereocenters. The Morgan fingerprint density at radius 3 is 1.93 bits per heavy atom. The van der Waals surface area contributed by atoms with Crippen molar-refractivity contribution in [2.75, 3.05) is 20.6 Å². The third kappa shape index (κ3) is 16.3. The molecule has 0 saturated heterocycles. The van der Waals surface area contributed by atoms with Crippen LogP contribution in [0.25, 0.3) is 5.57 Å². The van der Waals surface area contributed by atoms with Gasteiger partial charge in [-0.1, -0.05) is 89.8 Å². The summed E-state index contributed by atoms with van der Waals surface area (Å²) in [6, 6.07) is 13.9. The van der Waals surface area contributed by atoms with Crippen molar-refractivity contribution in [1.29, 1.82) is 0 Å². The second-order valence-corrected chi connectivity index (χ2v) is 11.8. The molecule has 2 N–H and O–H groups in total. The Morgan fingerprint density at radius 1 is 0.870 bits per heavy atom. The van der Waals surface area contributed by atoms with Crippen molar-refractivity contribution >= 4 is 23.5 Å². The number of carboxylic acids is 3. The van der Waals surface area contributed by atoms with E-state index in [9.17, 15) is 19.5 Å². The van der Waals surface area contributed by atoms with E-state index in [1.54, 1.807) is 0 Å². The van der Waals surface area contributed by atoms with Gasteiger partial charge in [0, 0.05) is 18.1 Å². The predicted molar refractivity (Wildman–Crippen MR) is 178 cm³/mol. The number of benzene rings is 2. The van der Waals surface area contributed by atoms with E-state index in [0.29, 0.717) is 6.61 Å². The van der Waals surface area contributed by atoms with Crippen molar-refractivity contribution in [3.8, 4) is 5.75 Å². The van der Waals surface area contributed by atoms with Gasteiger partial charge in [0.25, 0.3) is 0 Å². The Balaban J connectivity index is 0.000000804. The van der Waals surface area contributed by atoms with Gasteiger partial charge in [0.1, 0.15) is 12.4 Å². The summed E-state index contributed by atoms with van der Waals surface area (Å²) < 4.78 is 5.99. The van der Waals surface area contributed by atoms with Crippen LogP contribution in [-0.2, 0) is 27.4 Å². The van der Waals surface area contributed by atoms with Gasteiger partial charge in [-0.2, -0.15) is 0 Å². The Bertz CT molecular complexity index is 1190. The minimum absolute atomic E-state index is 0. The Hall–Kier alpha value is -2.65. The summed E-state index contributed by atoms with van der Waals surface area (Å²) in [5.41, 5.74) is 5.19. The van der Waals surface area contributed by atoms with E-state index in [-0.39, 0.29) is 47.8 Å². The number of rotatable bonds is 15. The van der Waals surface area contributed by atoms with Gasteiger partial charge in [-0.05, 0) is 86.5 Å². The smallest absolute Gasteiger partial charge is 0.550 e. The molecule has 0 saturated carbocycles. The van der Waals surface area contributed by atoms with Crippen molar-refractivity contribution < 1.29 is 64.0 Å². The number of carboxylic acid groups (broad SMARTS) is 3. The second kappa shape index (κ2) is 24.5. The number of carbonyl (C=O) groups excluding carboxylic acids is 1. The minimum Gasteiger partial charge on any atom is -0.550 e. The van der Waals surface area contributed by atoms with Gasteiger partial charge in [-0.25, -0.2) is 0 Å². The van der Waals surface area contributed by atoms with Crippen molar-refractivity contribution in [2.45, 2.75) is 98.5 Å². The number of ether oxygens (including phenoxy) is 1. The molecule has 0 fully saturated rings. The van der Waals surface area contributed by atoms with E-state index in [2.05, 4.69) is 37.2 Å². The number of nitrogens with zero attached hydrogens (tertiary/aromatic N) is 1. The van der Waals surface area contributed by atoms with Crippen molar-refractivity contribution in [2.24, 2.45) is 11.8 Å². The molecule has 0 aliphatic carbocycles. The predicted octanol–water partition coefficient (Wildman–Crippen LogP) is 3.83. The summed E-state index contributed by atoms with van der Waals surface area (Å²) >= 11 is 0. The van der Waals surface area contributed by atoms with Crippen molar-refractivity contribution in [3.05, 3.63) is 70.8 Å². The first-order valence-electron chi connectivity index (χ1n) is 16.3. The molecule has 0 aromatic heterocycles. The van der Waals surface area contributed by atoms with Gasteiger partial charge < -0.3 is 29.8 Å². The first-order chi connectivity index (χ1) is 21.5. The zero-order chi connectivity index (χ0) is 33.8. The molecule has 2 aromatic carbocycles. The Kier molecular flexibility index (Phi) is 23.1. The largest absolute Gasteiger partial charge is 1.00 e.